The molecule has 2 amide bonds. The minimum Gasteiger partial charge on any atom is -0.350 e. The number of nitrogens with one attached hydrogen (secondary N) is 1. The molecule has 11 heteroatoms. The maximum Gasteiger partial charge on any atom is 0.271 e. The largest absolute Gasteiger partial charge is 0.350 e. The predicted molar refractivity (Wildman–Crippen MR) is 178 cm³/mol. The third-order valence-electron chi connectivity index (χ3n) is 7.14. The molecule has 0 heterocycles. The number of amides is 2. The molecule has 0 radical (unpaired) electrons. The SMILES string of the molecule is Cc1cccc(CN(C(=O)CN(c2cccc([N+](=O)[O-])c2)S(=O)(=O)c2ccccc2)C(Cc2ccccc2)C(=O)NC(C)(C)C)c1. The highest BCUT2D eigenvalue weighted by molar-refractivity contribution is 7.92. The summed E-state index contributed by atoms with van der Waals surface area (Å²) >= 11 is 0. The van der Waals surface area contributed by atoms with Crippen LogP contribution in [0.15, 0.2) is 114 Å². The summed E-state index contributed by atoms with van der Waals surface area (Å²) in [6.45, 7) is 6.75. The van der Waals surface area contributed by atoms with E-state index >= 15 is 0 Å². The van der Waals surface area contributed by atoms with Crippen LogP contribution in [0, 0.1) is 17.0 Å². The number of benzene rings is 4. The molecule has 0 aliphatic rings. The topological polar surface area (TPSA) is 130 Å². The van der Waals surface area contributed by atoms with Gasteiger partial charge in [-0.25, -0.2) is 8.42 Å². The molecule has 0 aliphatic carbocycles. The summed E-state index contributed by atoms with van der Waals surface area (Å²) in [5.41, 5.74) is 1.51. The van der Waals surface area contributed by atoms with Gasteiger partial charge in [-0.1, -0.05) is 84.4 Å². The van der Waals surface area contributed by atoms with Crippen LogP contribution in [0.5, 0.6) is 0 Å². The normalized spacial score (nSPS) is 12.2. The molecule has 4 aromatic carbocycles. The Hall–Kier alpha value is -5.03. The molecule has 4 rings (SSSR count). The molecule has 0 aliphatic heterocycles. The third kappa shape index (κ3) is 8.79. The summed E-state index contributed by atoms with van der Waals surface area (Å²) in [7, 11) is -4.38. The van der Waals surface area contributed by atoms with Crippen molar-refractivity contribution < 1.29 is 22.9 Å². The van der Waals surface area contributed by atoms with Crippen molar-refractivity contribution >= 4 is 33.2 Å². The molecule has 0 bridgehead atoms. The second-order valence-electron chi connectivity index (χ2n) is 12.1. The monoisotopic (exact) mass is 642 g/mol. The highest BCUT2D eigenvalue weighted by Crippen LogP contribution is 2.28. The minimum atomic E-state index is -4.38. The second kappa shape index (κ2) is 14.4. The van der Waals surface area contributed by atoms with Crippen LogP contribution in [0.3, 0.4) is 0 Å². The number of aryl methyl sites for hydroxylation is 1. The number of anilines is 1. The van der Waals surface area contributed by atoms with Gasteiger partial charge in [0.2, 0.25) is 11.8 Å². The summed E-state index contributed by atoms with van der Waals surface area (Å²) in [6.07, 6.45) is 0.169. The zero-order chi connectivity index (χ0) is 33.5. The van der Waals surface area contributed by atoms with Gasteiger partial charge in [-0.15, -0.1) is 0 Å². The van der Waals surface area contributed by atoms with Crippen molar-refractivity contribution in [3.05, 3.63) is 136 Å². The molecule has 1 atom stereocenters. The Labute approximate surface area is 269 Å². The van der Waals surface area contributed by atoms with Crippen molar-refractivity contribution in [3.63, 3.8) is 0 Å². The van der Waals surface area contributed by atoms with Crippen molar-refractivity contribution in [2.45, 2.75) is 57.1 Å². The first-order chi connectivity index (χ1) is 21.7. The Kier molecular flexibility index (Phi) is 10.6. The lowest BCUT2D eigenvalue weighted by Gasteiger charge is -2.35. The van der Waals surface area contributed by atoms with Crippen LogP contribution in [-0.2, 0) is 32.6 Å². The van der Waals surface area contributed by atoms with Crippen molar-refractivity contribution in [3.8, 4) is 0 Å². The van der Waals surface area contributed by atoms with Gasteiger partial charge in [-0.3, -0.25) is 24.0 Å². The molecule has 4 aromatic rings. The maximum atomic E-state index is 14.5. The summed E-state index contributed by atoms with van der Waals surface area (Å²) in [4.78, 5) is 40.8. The zero-order valence-electron chi connectivity index (χ0n) is 26.3. The fourth-order valence-corrected chi connectivity index (χ4v) is 6.45. The molecule has 1 unspecified atom stereocenters. The number of carbonyl (C=O) groups excluding carboxylic acids is 2. The number of hydrogen-bond donors (Lipinski definition) is 1. The number of rotatable bonds is 12. The Bertz CT molecular complexity index is 1790. The highest BCUT2D eigenvalue weighted by atomic mass is 32.2. The summed E-state index contributed by atoms with van der Waals surface area (Å²) in [5.74, 6) is -1.05. The van der Waals surface area contributed by atoms with E-state index in [1.165, 1.54) is 35.2 Å². The number of carbonyl (C=O) groups is 2. The Morgan fingerprint density at radius 3 is 2.07 bits per heavy atom. The third-order valence-corrected chi connectivity index (χ3v) is 8.93. The van der Waals surface area contributed by atoms with E-state index in [-0.39, 0.29) is 29.2 Å². The van der Waals surface area contributed by atoms with Crippen molar-refractivity contribution in [1.82, 2.24) is 10.2 Å². The first kappa shape index (κ1) is 33.9. The van der Waals surface area contributed by atoms with Crippen LogP contribution in [0.1, 0.15) is 37.5 Å². The van der Waals surface area contributed by atoms with E-state index in [2.05, 4.69) is 5.32 Å². The Morgan fingerprint density at radius 1 is 0.848 bits per heavy atom. The Morgan fingerprint density at radius 2 is 1.46 bits per heavy atom. The lowest BCUT2D eigenvalue weighted by atomic mass is 10.0. The first-order valence-electron chi connectivity index (χ1n) is 14.8. The highest BCUT2D eigenvalue weighted by Gasteiger charge is 2.36. The molecule has 46 heavy (non-hydrogen) atoms. The number of nitro groups is 1. The molecule has 240 valence electrons. The average molecular weight is 643 g/mol. The van der Waals surface area contributed by atoms with Crippen molar-refractivity contribution in [2.24, 2.45) is 0 Å². The molecule has 0 fully saturated rings. The summed E-state index contributed by atoms with van der Waals surface area (Å²) < 4.78 is 29.0. The summed E-state index contributed by atoms with van der Waals surface area (Å²) in [6, 6.07) is 28.5. The lowest BCUT2D eigenvalue weighted by molar-refractivity contribution is -0.384. The van der Waals surface area contributed by atoms with Gasteiger partial charge < -0.3 is 10.2 Å². The van der Waals surface area contributed by atoms with Gasteiger partial charge >= 0.3 is 0 Å². The van der Waals surface area contributed by atoms with Gasteiger partial charge in [0.1, 0.15) is 12.6 Å². The van der Waals surface area contributed by atoms with E-state index in [1.807, 2.05) is 82.3 Å². The molecule has 10 nitrogen and oxygen atoms in total. The van der Waals surface area contributed by atoms with E-state index in [9.17, 15) is 28.1 Å². The molecular formula is C35H38N4O6S. The predicted octanol–water partition coefficient (Wildman–Crippen LogP) is 5.65. The van der Waals surface area contributed by atoms with E-state index in [1.54, 1.807) is 18.2 Å². The molecule has 0 spiro atoms. The fraction of sp³-hybridized carbons (Fsp3) is 0.257. The number of non-ortho nitro benzene ring substituents is 1. The van der Waals surface area contributed by atoms with Crippen LogP contribution in [0.4, 0.5) is 11.4 Å². The minimum absolute atomic E-state index is 0.0176. The molecule has 0 saturated carbocycles. The van der Waals surface area contributed by atoms with Gasteiger partial charge in [-0.05, 0) is 57.0 Å². The smallest absolute Gasteiger partial charge is 0.271 e. The van der Waals surface area contributed by atoms with Crippen LogP contribution >= 0.6 is 0 Å². The van der Waals surface area contributed by atoms with Crippen molar-refractivity contribution in [2.75, 3.05) is 10.8 Å². The van der Waals surface area contributed by atoms with E-state index in [4.69, 9.17) is 0 Å². The maximum absolute atomic E-state index is 14.5. The van der Waals surface area contributed by atoms with Gasteiger partial charge in [0, 0.05) is 30.6 Å². The van der Waals surface area contributed by atoms with Crippen LogP contribution in [0.25, 0.3) is 0 Å². The second-order valence-corrected chi connectivity index (χ2v) is 13.9. The molecule has 0 saturated heterocycles. The lowest BCUT2D eigenvalue weighted by Crippen LogP contribution is -2.56. The quantitative estimate of drug-likeness (QED) is 0.157. The molecule has 1 N–H and O–H groups in total. The number of nitro benzene ring substituents is 1. The number of nitrogens with zero attached hydrogens (tertiary/aromatic N) is 3. The number of hydrogen-bond acceptors (Lipinski definition) is 6. The van der Waals surface area contributed by atoms with Gasteiger partial charge in [-0.2, -0.15) is 0 Å². The molecular weight excluding hydrogens is 604 g/mol. The van der Waals surface area contributed by atoms with Gasteiger partial charge in [0.05, 0.1) is 15.5 Å². The summed E-state index contributed by atoms with van der Waals surface area (Å²) in [5, 5.41) is 14.6. The van der Waals surface area contributed by atoms with Gasteiger partial charge in [0.15, 0.2) is 0 Å². The molecule has 0 aromatic heterocycles. The standard InChI is InChI=1S/C35H38N4O6S/c1-26-13-11-16-28(21-26)24-37(32(34(41)36-35(2,3)4)22-27-14-7-5-8-15-27)33(40)25-38(29-17-12-18-30(23-29)39(42)43)46(44,45)31-19-9-6-10-20-31/h5-21,23,32H,22,24-25H2,1-4H3,(H,36,41). The van der Waals surface area contributed by atoms with Crippen LogP contribution in [0.2, 0.25) is 0 Å². The van der Waals surface area contributed by atoms with Crippen LogP contribution in [-0.4, -0.2) is 48.2 Å². The van der Waals surface area contributed by atoms with E-state index < -0.39 is 44.9 Å². The van der Waals surface area contributed by atoms with Crippen molar-refractivity contribution in [1.29, 1.82) is 0 Å². The van der Waals surface area contributed by atoms with E-state index in [0.717, 1.165) is 27.1 Å². The van der Waals surface area contributed by atoms with Gasteiger partial charge in [0.25, 0.3) is 15.7 Å². The first-order valence-corrected chi connectivity index (χ1v) is 16.2. The van der Waals surface area contributed by atoms with E-state index in [0.29, 0.717) is 0 Å². The van der Waals surface area contributed by atoms with Crippen LogP contribution < -0.4 is 9.62 Å². The number of sulfonamides is 1. The average Bonchev–Trinajstić information content (AvgIpc) is 3.01. The Balaban J connectivity index is 1.84. The zero-order valence-corrected chi connectivity index (χ0v) is 27.1. The fourth-order valence-electron chi connectivity index (χ4n) is 5.02.